The Morgan fingerprint density at radius 1 is 1.21 bits per heavy atom. The molecule has 2 rings (SSSR count). The fourth-order valence-corrected chi connectivity index (χ4v) is 2.94. The summed E-state index contributed by atoms with van der Waals surface area (Å²) in [5.41, 5.74) is 7.02. The second kappa shape index (κ2) is 7.60. The van der Waals surface area contributed by atoms with Crippen molar-refractivity contribution in [1.29, 1.82) is 0 Å². The molecule has 2 aromatic rings. The Balaban J connectivity index is 1.89. The average Bonchev–Trinajstić information content (AvgIpc) is 2.83. The van der Waals surface area contributed by atoms with E-state index < -0.39 is 0 Å². The van der Waals surface area contributed by atoms with Crippen LogP contribution in [0.4, 0.5) is 0 Å². The summed E-state index contributed by atoms with van der Waals surface area (Å²) in [5, 5.41) is 1.05. The second-order valence-corrected chi connectivity index (χ2v) is 6.11. The van der Waals surface area contributed by atoms with Gasteiger partial charge in [-0.05, 0) is 12.0 Å². The van der Waals surface area contributed by atoms with Gasteiger partial charge in [0.25, 0.3) is 0 Å². The highest BCUT2D eigenvalue weighted by Crippen LogP contribution is 2.19. The zero-order valence-electron chi connectivity index (χ0n) is 10.8. The Morgan fingerprint density at radius 3 is 2.63 bits per heavy atom. The van der Waals surface area contributed by atoms with Crippen LogP contribution in [0.15, 0.2) is 36.5 Å². The lowest BCUT2D eigenvalue weighted by Crippen LogP contribution is -2.31. The van der Waals surface area contributed by atoms with E-state index in [1.807, 2.05) is 6.07 Å². The molecule has 102 valence electrons. The van der Waals surface area contributed by atoms with Crippen LogP contribution in [0.5, 0.6) is 0 Å². The molecular weight excluding hydrogens is 278 g/mol. The molecule has 5 heteroatoms. The molecule has 0 saturated carbocycles. The summed E-state index contributed by atoms with van der Waals surface area (Å²) >= 11 is 7.44. The summed E-state index contributed by atoms with van der Waals surface area (Å²) in [4.78, 5) is 6.62. The molecule has 0 amide bonds. The van der Waals surface area contributed by atoms with Crippen molar-refractivity contribution < 1.29 is 0 Å². The average molecular weight is 296 g/mol. The normalized spacial score (nSPS) is 11.1. The van der Waals surface area contributed by atoms with E-state index in [4.69, 9.17) is 17.3 Å². The first-order chi connectivity index (χ1) is 9.28. The molecule has 1 heterocycles. The molecule has 1 aromatic carbocycles. The third kappa shape index (κ3) is 4.91. The van der Waals surface area contributed by atoms with Crippen LogP contribution < -0.4 is 5.73 Å². The van der Waals surface area contributed by atoms with Crippen molar-refractivity contribution in [3.63, 3.8) is 0 Å². The second-order valence-electron chi connectivity index (χ2n) is 4.36. The smallest absolute Gasteiger partial charge is 0.113 e. The third-order valence-electron chi connectivity index (χ3n) is 2.89. The van der Waals surface area contributed by atoms with Gasteiger partial charge in [0.1, 0.15) is 9.34 Å². The molecule has 19 heavy (non-hydrogen) atoms. The lowest BCUT2D eigenvalue weighted by atomic mass is 10.1. The first-order valence-corrected chi connectivity index (χ1v) is 7.54. The van der Waals surface area contributed by atoms with Crippen molar-refractivity contribution in [2.24, 2.45) is 5.73 Å². The first-order valence-electron chi connectivity index (χ1n) is 6.34. The molecule has 0 bridgehead atoms. The Hall–Kier alpha value is -0.940. The summed E-state index contributed by atoms with van der Waals surface area (Å²) in [5.74, 6) is 0. The van der Waals surface area contributed by atoms with Crippen molar-refractivity contribution >= 4 is 22.9 Å². The van der Waals surface area contributed by atoms with Gasteiger partial charge < -0.3 is 5.73 Å². The van der Waals surface area contributed by atoms with E-state index in [-0.39, 0.29) is 0 Å². The number of rotatable bonds is 7. The Labute approximate surface area is 123 Å². The molecule has 3 nitrogen and oxygen atoms in total. The Bertz CT molecular complexity index is 486. The first kappa shape index (κ1) is 14.5. The van der Waals surface area contributed by atoms with Gasteiger partial charge in [-0.3, -0.25) is 4.90 Å². The van der Waals surface area contributed by atoms with Crippen LogP contribution in [-0.2, 0) is 13.0 Å². The van der Waals surface area contributed by atoms with Gasteiger partial charge in [-0.2, -0.15) is 0 Å². The molecule has 0 unspecified atom stereocenters. The highest BCUT2D eigenvalue weighted by Gasteiger charge is 2.08. The van der Waals surface area contributed by atoms with Crippen molar-refractivity contribution in [3.8, 4) is 0 Å². The summed E-state index contributed by atoms with van der Waals surface area (Å²) in [7, 11) is 0. The SMILES string of the molecule is NCCN(CCc1ccccc1)Cc1ncc(Cl)s1. The van der Waals surface area contributed by atoms with Crippen LogP contribution >= 0.6 is 22.9 Å². The molecule has 0 radical (unpaired) electrons. The van der Waals surface area contributed by atoms with E-state index in [0.29, 0.717) is 6.54 Å². The van der Waals surface area contributed by atoms with E-state index in [0.717, 1.165) is 35.4 Å². The highest BCUT2D eigenvalue weighted by atomic mass is 35.5. The van der Waals surface area contributed by atoms with Crippen LogP contribution in [0.25, 0.3) is 0 Å². The van der Waals surface area contributed by atoms with Crippen LogP contribution in [0.1, 0.15) is 10.6 Å². The highest BCUT2D eigenvalue weighted by molar-refractivity contribution is 7.15. The van der Waals surface area contributed by atoms with Gasteiger partial charge in [-0.15, -0.1) is 11.3 Å². The molecule has 0 aliphatic heterocycles. The van der Waals surface area contributed by atoms with Gasteiger partial charge in [0.05, 0.1) is 12.7 Å². The van der Waals surface area contributed by atoms with Crippen molar-refractivity contribution in [2.45, 2.75) is 13.0 Å². The molecule has 2 N–H and O–H groups in total. The molecule has 0 spiro atoms. The molecule has 0 aliphatic rings. The van der Waals surface area contributed by atoms with Gasteiger partial charge in [0.2, 0.25) is 0 Å². The molecule has 1 aromatic heterocycles. The zero-order chi connectivity index (χ0) is 13.5. The number of hydrogen-bond acceptors (Lipinski definition) is 4. The van der Waals surface area contributed by atoms with Gasteiger partial charge >= 0.3 is 0 Å². The molecule has 0 fully saturated rings. The zero-order valence-corrected chi connectivity index (χ0v) is 12.3. The minimum absolute atomic E-state index is 0.661. The number of thiazole rings is 1. The summed E-state index contributed by atoms with van der Waals surface area (Å²) in [6.45, 7) is 3.35. The molecule has 0 saturated heterocycles. The molecule has 0 atom stereocenters. The summed E-state index contributed by atoms with van der Waals surface area (Å²) < 4.78 is 0.741. The van der Waals surface area contributed by atoms with Gasteiger partial charge in [-0.25, -0.2) is 4.98 Å². The monoisotopic (exact) mass is 295 g/mol. The van der Waals surface area contributed by atoms with Crippen molar-refractivity contribution in [2.75, 3.05) is 19.6 Å². The van der Waals surface area contributed by atoms with Crippen LogP contribution in [0.2, 0.25) is 4.34 Å². The minimum atomic E-state index is 0.661. The van der Waals surface area contributed by atoms with E-state index in [9.17, 15) is 0 Å². The van der Waals surface area contributed by atoms with Crippen LogP contribution in [0, 0.1) is 0 Å². The van der Waals surface area contributed by atoms with Crippen molar-refractivity contribution in [1.82, 2.24) is 9.88 Å². The van der Waals surface area contributed by atoms with E-state index in [1.165, 1.54) is 16.9 Å². The fourth-order valence-electron chi connectivity index (χ4n) is 1.94. The maximum atomic E-state index is 5.91. The fraction of sp³-hybridized carbons (Fsp3) is 0.357. The molecular formula is C14H18ClN3S. The van der Waals surface area contributed by atoms with Gasteiger partial charge in [0.15, 0.2) is 0 Å². The van der Waals surface area contributed by atoms with Gasteiger partial charge in [-0.1, -0.05) is 41.9 Å². The lowest BCUT2D eigenvalue weighted by molar-refractivity contribution is 0.276. The summed E-state index contributed by atoms with van der Waals surface area (Å²) in [6.07, 6.45) is 2.74. The van der Waals surface area contributed by atoms with Crippen LogP contribution in [0.3, 0.4) is 0 Å². The molecule has 0 aliphatic carbocycles. The maximum absolute atomic E-state index is 5.91. The van der Waals surface area contributed by atoms with Crippen molar-refractivity contribution in [3.05, 3.63) is 51.4 Å². The number of nitrogens with zero attached hydrogens (tertiary/aromatic N) is 2. The largest absolute Gasteiger partial charge is 0.329 e. The van der Waals surface area contributed by atoms with Gasteiger partial charge in [0, 0.05) is 19.6 Å². The number of halogens is 1. The topological polar surface area (TPSA) is 42.1 Å². The van der Waals surface area contributed by atoms with E-state index in [1.54, 1.807) is 6.20 Å². The number of benzene rings is 1. The number of hydrogen-bond donors (Lipinski definition) is 1. The predicted octanol–water partition coefficient (Wildman–Crippen LogP) is 2.80. The van der Waals surface area contributed by atoms with Crippen LogP contribution in [-0.4, -0.2) is 29.5 Å². The maximum Gasteiger partial charge on any atom is 0.113 e. The predicted molar refractivity (Wildman–Crippen MR) is 81.6 cm³/mol. The number of aromatic nitrogens is 1. The van der Waals surface area contributed by atoms with E-state index in [2.05, 4.69) is 34.1 Å². The Morgan fingerprint density at radius 2 is 2.00 bits per heavy atom. The minimum Gasteiger partial charge on any atom is -0.329 e. The third-order valence-corrected chi connectivity index (χ3v) is 3.99. The standard InChI is InChI=1S/C14H18ClN3S/c15-13-10-17-14(19-13)11-18(9-7-16)8-6-12-4-2-1-3-5-12/h1-5,10H,6-9,11,16H2. The summed E-state index contributed by atoms with van der Waals surface area (Å²) in [6, 6.07) is 10.5. The Kier molecular flexibility index (Phi) is 5.79. The number of nitrogens with two attached hydrogens (primary N) is 1. The van der Waals surface area contributed by atoms with E-state index >= 15 is 0 Å². The quantitative estimate of drug-likeness (QED) is 0.854. The lowest BCUT2D eigenvalue weighted by Gasteiger charge is -2.20.